The minimum absolute atomic E-state index is 0.201. The molecule has 146 valence electrons. The van der Waals surface area contributed by atoms with Crippen molar-refractivity contribution in [2.45, 2.75) is 18.9 Å². The first-order valence-electron chi connectivity index (χ1n) is 9.87. The summed E-state index contributed by atoms with van der Waals surface area (Å²) in [6.45, 7) is 1.64. The maximum atomic E-state index is 9.78. The first-order valence-corrected chi connectivity index (χ1v) is 9.87. The second-order valence-electron chi connectivity index (χ2n) is 7.25. The molecule has 1 N–H and O–H groups in total. The van der Waals surface area contributed by atoms with Crippen LogP contribution in [0.4, 0.5) is 5.82 Å². The van der Waals surface area contributed by atoms with E-state index >= 15 is 0 Å². The highest BCUT2D eigenvalue weighted by Crippen LogP contribution is 2.29. The van der Waals surface area contributed by atoms with Crippen molar-refractivity contribution in [3.8, 4) is 22.6 Å². The number of para-hydroxylation sites is 1. The fourth-order valence-corrected chi connectivity index (χ4v) is 3.74. The number of ether oxygens (including phenoxy) is 1. The highest BCUT2D eigenvalue weighted by Gasteiger charge is 2.20. The number of aliphatic hydroxyl groups excluding tert-OH is 1. The van der Waals surface area contributed by atoms with Crippen molar-refractivity contribution in [2.24, 2.45) is 0 Å². The maximum Gasteiger partial charge on any atom is 0.165 e. The lowest BCUT2D eigenvalue weighted by atomic mass is 10.1. The number of nitrogens with zero attached hydrogens (tertiary/aromatic N) is 4. The molecule has 5 rings (SSSR count). The number of piperidine rings is 1. The molecule has 6 heteroatoms. The number of hydrogen-bond donors (Lipinski definition) is 1. The van der Waals surface area contributed by atoms with E-state index in [0.717, 1.165) is 60.0 Å². The number of aromatic nitrogens is 3. The minimum Gasteiger partial charge on any atom is -0.457 e. The molecule has 0 aliphatic carbocycles. The van der Waals surface area contributed by atoms with E-state index in [0.29, 0.717) is 0 Å². The molecule has 6 nitrogen and oxygen atoms in total. The predicted octanol–water partition coefficient (Wildman–Crippen LogP) is 4.15. The number of hydrogen-bond acceptors (Lipinski definition) is 5. The average Bonchev–Trinajstić information content (AvgIpc) is 3.20. The summed E-state index contributed by atoms with van der Waals surface area (Å²) in [7, 11) is 0. The summed E-state index contributed by atoms with van der Waals surface area (Å²) in [4.78, 5) is 6.83. The zero-order valence-electron chi connectivity index (χ0n) is 16.0. The van der Waals surface area contributed by atoms with Crippen LogP contribution in [0, 0.1) is 0 Å². The van der Waals surface area contributed by atoms with Crippen LogP contribution in [-0.4, -0.2) is 38.9 Å². The molecule has 1 fully saturated rings. The molecule has 0 unspecified atom stereocenters. The molecule has 1 saturated heterocycles. The summed E-state index contributed by atoms with van der Waals surface area (Å²) < 4.78 is 7.77. The van der Waals surface area contributed by atoms with Crippen LogP contribution < -0.4 is 9.64 Å². The number of benzene rings is 2. The molecule has 0 atom stereocenters. The van der Waals surface area contributed by atoms with Crippen LogP contribution in [0.2, 0.25) is 0 Å². The van der Waals surface area contributed by atoms with Gasteiger partial charge in [0.15, 0.2) is 5.65 Å². The van der Waals surface area contributed by atoms with Crippen molar-refractivity contribution >= 4 is 11.5 Å². The number of aliphatic hydroxyl groups is 1. The SMILES string of the molecule is OC1CCN(c2ccnc3c(-c4ccc(Oc5ccccc5)cc4)cnn23)CC1. The molecular formula is C23H22N4O2. The molecule has 0 spiro atoms. The molecule has 29 heavy (non-hydrogen) atoms. The van der Waals surface area contributed by atoms with Crippen LogP contribution in [0.5, 0.6) is 11.5 Å². The Hall–Kier alpha value is -3.38. The van der Waals surface area contributed by atoms with Gasteiger partial charge in [0.2, 0.25) is 0 Å². The van der Waals surface area contributed by atoms with E-state index in [4.69, 9.17) is 4.74 Å². The van der Waals surface area contributed by atoms with E-state index in [1.54, 1.807) is 0 Å². The molecule has 3 heterocycles. The third kappa shape index (κ3) is 3.54. The van der Waals surface area contributed by atoms with Crippen molar-refractivity contribution in [3.63, 3.8) is 0 Å². The van der Waals surface area contributed by atoms with Crippen LogP contribution in [0.1, 0.15) is 12.8 Å². The lowest BCUT2D eigenvalue weighted by Crippen LogP contribution is -2.36. The van der Waals surface area contributed by atoms with Gasteiger partial charge in [-0.2, -0.15) is 9.61 Å². The summed E-state index contributed by atoms with van der Waals surface area (Å²) in [5, 5.41) is 14.4. The fourth-order valence-electron chi connectivity index (χ4n) is 3.74. The van der Waals surface area contributed by atoms with Gasteiger partial charge in [-0.05, 0) is 48.7 Å². The van der Waals surface area contributed by atoms with Gasteiger partial charge in [-0.15, -0.1) is 0 Å². The molecule has 1 aliphatic heterocycles. The van der Waals surface area contributed by atoms with Crippen molar-refractivity contribution in [1.29, 1.82) is 0 Å². The largest absolute Gasteiger partial charge is 0.457 e. The topological polar surface area (TPSA) is 62.9 Å². The Morgan fingerprint density at radius 1 is 0.897 bits per heavy atom. The standard InChI is InChI=1S/C23H22N4O2/c28-18-11-14-26(15-12-18)22-10-13-24-23-21(16-25-27(22)23)17-6-8-20(9-7-17)29-19-4-2-1-3-5-19/h1-10,13,16,18,28H,11-12,14-15H2. The second-order valence-corrected chi connectivity index (χ2v) is 7.25. The Morgan fingerprint density at radius 2 is 1.62 bits per heavy atom. The molecule has 0 radical (unpaired) electrons. The molecule has 2 aromatic carbocycles. The van der Waals surface area contributed by atoms with E-state index in [1.165, 1.54) is 0 Å². The Morgan fingerprint density at radius 3 is 2.38 bits per heavy atom. The molecule has 4 aromatic rings. The average molecular weight is 386 g/mol. The molecule has 1 aliphatic rings. The maximum absolute atomic E-state index is 9.78. The Kier molecular flexibility index (Phi) is 4.62. The van der Waals surface area contributed by atoms with Crippen molar-refractivity contribution in [2.75, 3.05) is 18.0 Å². The third-order valence-corrected chi connectivity index (χ3v) is 5.31. The van der Waals surface area contributed by atoms with Crippen molar-refractivity contribution in [1.82, 2.24) is 14.6 Å². The molecule has 0 amide bonds. The zero-order chi connectivity index (χ0) is 19.6. The van der Waals surface area contributed by atoms with Gasteiger partial charge < -0.3 is 14.7 Å². The van der Waals surface area contributed by atoms with Crippen LogP contribution in [-0.2, 0) is 0 Å². The van der Waals surface area contributed by atoms with Gasteiger partial charge in [0.1, 0.15) is 17.3 Å². The molecule has 2 aromatic heterocycles. The molecule has 0 saturated carbocycles. The Labute approximate surface area is 169 Å². The van der Waals surface area contributed by atoms with E-state index in [9.17, 15) is 5.11 Å². The summed E-state index contributed by atoms with van der Waals surface area (Å²) in [6.07, 6.45) is 5.04. The molecule has 0 bridgehead atoms. The van der Waals surface area contributed by atoms with Gasteiger partial charge >= 0.3 is 0 Å². The first kappa shape index (κ1) is 17.7. The van der Waals surface area contributed by atoms with E-state index in [1.807, 2.05) is 77.6 Å². The summed E-state index contributed by atoms with van der Waals surface area (Å²) >= 11 is 0. The second kappa shape index (κ2) is 7.56. The van der Waals surface area contributed by atoms with Crippen molar-refractivity contribution < 1.29 is 9.84 Å². The van der Waals surface area contributed by atoms with E-state index in [2.05, 4.69) is 15.0 Å². The van der Waals surface area contributed by atoms with Crippen LogP contribution >= 0.6 is 0 Å². The van der Waals surface area contributed by atoms with Gasteiger partial charge in [-0.3, -0.25) is 0 Å². The van der Waals surface area contributed by atoms with Gasteiger partial charge in [0, 0.05) is 24.8 Å². The van der Waals surface area contributed by atoms with Gasteiger partial charge in [0.25, 0.3) is 0 Å². The van der Waals surface area contributed by atoms with Crippen LogP contribution in [0.15, 0.2) is 73.1 Å². The summed E-state index contributed by atoms with van der Waals surface area (Å²) in [6, 6.07) is 19.7. The monoisotopic (exact) mass is 386 g/mol. The van der Waals surface area contributed by atoms with Crippen LogP contribution in [0.3, 0.4) is 0 Å². The van der Waals surface area contributed by atoms with Crippen molar-refractivity contribution in [3.05, 3.63) is 73.1 Å². The third-order valence-electron chi connectivity index (χ3n) is 5.31. The normalized spacial score (nSPS) is 15.0. The summed E-state index contributed by atoms with van der Waals surface area (Å²) in [5.74, 6) is 2.61. The number of rotatable bonds is 4. The highest BCUT2D eigenvalue weighted by atomic mass is 16.5. The lowest BCUT2D eigenvalue weighted by molar-refractivity contribution is 0.145. The van der Waals surface area contributed by atoms with Crippen LogP contribution in [0.25, 0.3) is 16.8 Å². The minimum atomic E-state index is -0.201. The zero-order valence-corrected chi connectivity index (χ0v) is 16.0. The predicted molar refractivity (Wildman–Crippen MR) is 112 cm³/mol. The Bertz CT molecular complexity index is 1100. The summed E-state index contributed by atoms with van der Waals surface area (Å²) in [5.41, 5.74) is 2.85. The number of anilines is 1. The number of fused-ring (bicyclic) bond motifs is 1. The van der Waals surface area contributed by atoms with Gasteiger partial charge in [-0.25, -0.2) is 4.98 Å². The van der Waals surface area contributed by atoms with E-state index < -0.39 is 0 Å². The molecular weight excluding hydrogens is 364 g/mol. The Balaban J connectivity index is 1.43. The fraction of sp³-hybridized carbons (Fsp3) is 0.217. The lowest BCUT2D eigenvalue weighted by Gasteiger charge is -2.31. The van der Waals surface area contributed by atoms with E-state index in [-0.39, 0.29) is 6.10 Å². The quantitative estimate of drug-likeness (QED) is 0.571. The smallest absolute Gasteiger partial charge is 0.165 e. The van der Waals surface area contributed by atoms with Gasteiger partial charge in [0.05, 0.1) is 12.3 Å². The highest BCUT2D eigenvalue weighted by molar-refractivity contribution is 5.78. The first-order chi connectivity index (χ1) is 14.3. The van der Waals surface area contributed by atoms with Gasteiger partial charge in [-0.1, -0.05) is 30.3 Å².